The fourth-order valence-electron chi connectivity index (χ4n) is 4.69. The van der Waals surface area contributed by atoms with Crippen LogP contribution in [0.1, 0.15) is 53.1 Å². The molecule has 9 nitrogen and oxygen atoms in total. The molecule has 2 N–H and O–H groups in total. The number of nitrogens with one attached hydrogen (secondary N) is 1. The third kappa shape index (κ3) is 4.41. The molecule has 11 heteroatoms. The summed E-state index contributed by atoms with van der Waals surface area (Å²) >= 11 is 0. The Labute approximate surface area is 200 Å². The summed E-state index contributed by atoms with van der Waals surface area (Å²) in [5, 5.41) is 13.2. The molecule has 0 atom stereocenters. The van der Waals surface area contributed by atoms with Gasteiger partial charge < -0.3 is 29.4 Å². The molecule has 1 spiro atoms. The van der Waals surface area contributed by atoms with Crippen LogP contribution < -0.4 is 10.7 Å². The monoisotopic (exact) mass is 491 g/mol. The van der Waals surface area contributed by atoms with Crippen molar-refractivity contribution in [1.29, 1.82) is 0 Å². The van der Waals surface area contributed by atoms with Gasteiger partial charge in [0.2, 0.25) is 5.43 Å². The van der Waals surface area contributed by atoms with Crippen LogP contribution in [0.4, 0.5) is 8.78 Å². The average molecular weight is 491 g/mol. The van der Waals surface area contributed by atoms with Crippen molar-refractivity contribution in [1.82, 2.24) is 14.8 Å². The molecule has 188 valence electrons. The number of ether oxygens (including phenoxy) is 2. The summed E-state index contributed by atoms with van der Waals surface area (Å²) in [7, 11) is 1.51. The number of pyridine rings is 1. The van der Waals surface area contributed by atoms with E-state index in [-0.39, 0.29) is 42.3 Å². The molecule has 2 aliphatic rings. The van der Waals surface area contributed by atoms with Gasteiger partial charge in [0.25, 0.3) is 11.8 Å². The van der Waals surface area contributed by atoms with E-state index in [9.17, 15) is 28.3 Å². The molecule has 1 aliphatic heterocycles. The predicted octanol–water partition coefficient (Wildman–Crippen LogP) is 2.10. The zero-order valence-electron chi connectivity index (χ0n) is 19.6. The Morgan fingerprint density at radius 2 is 2.00 bits per heavy atom. The molecular weight excluding hydrogens is 464 g/mol. The zero-order chi connectivity index (χ0) is 25.5. The Kier molecular flexibility index (Phi) is 6.65. The summed E-state index contributed by atoms with van der Waals surface area (Å²) in [6.45, 7) is 3.79. The van der Waals surface area contributed by atoms with Crippen molar-refractivity contribution in [3.63, 3.8) is 0 Å². The summed E-state index contributed by atoms with van der Waals surface area (Å²) in [5.41, 5.74) is -2.23. The third-order valence-corrected chi connectivity index (χ3v) is 6.58. The van der Waals surface area contributed by atoms with Crippen LogP contribution in [-0.4, -0.2) is 59.0 Å². The molecule has 2 amide bonds. The van der Waals surface area contributed by atoms with Gasteiger partial charge in [-0.15, -0.1) is 0 Å². The van der Waals surface area contributed by atoms with Crippen LogP contribution in [0.2, 0.25) is 0 Å². The molecular formula is C24H27F2N3O6. The molecule has 1 fully saturated rings. The first-order valence-corrected chi connectivity index (χ1v) is 11.2. The van der Waals surface area contributed by atoms with E-state index in [1.807, 2.05) is 13.8 Å². The fraction of sp³-hybridized carbons (Fsp3) is 0.458. The van der Waals surface area contributed by atoms with E-state index in [1.54, 1.807) is 4.90 Å². The zero-order valence-corrected chi connectivity index (χ0v) is 19.6. The molecule has 0 bridgehead atoms. The van der Waals surface area contributed by atoms with Crippen LogP contribution in [0.15, 0.2) is 29.2 Å². The first kappa shape index (κ1) is 24.8. The maximum absolute atomic E-state index is 13.9. The second-order valence-electron chi connectivity index (χ2n) is 9.21. The van der Waals surface area contributed by atoms with Gasteiger partial charge in [0.05, 0.1) is 11.6 Å². The van der Waals surface area contributed by atoms with E-state index in [0.717, 1.165) is 6.07 Å². The summed E-state index contributed by atoms with van der Waals surface area (Å²) in [6, 6.07) is 2.74. The summed E-state index contributed by atoms with van der Waals surface area (Å²) < 4.78 is 39.2. The van der Waals surface area contributed by atoms with Gasteiger partial charge in [-0.05, 0) is 32.8 Å². The van der Waals surface area contributed by atoms with Crippen LogP contribution in [-0.2, 0) is 21.6 Å². The number of halogens is 2. The molecule has 35 heavy (non-hydrogen) atoms. The quantitative estimate of drug-likeness (QED) is 0.574. The van der Waals surface area contributed by atoms with Crippen molar-refractivity contribution in [3.8, 4) is 5.75 Å². The van der Waals surface area contributed by atoms with Crippen LogP contribution in [0.5, 0.6) is 5.75 Å². The number of hydrogen-bond acceptors (Lipinski definition) is 6. The van der Waals surface area contributed by atoms with Crippen molar-refractivity contribution in [2.75, 3.05) is 20.4 Å². The van der Waals surface area contributed by atoms with E-state index < -0.39 is 40.2 Å². The lowest BCUT2D eigenvalue weighted by Gasteiger charge is -2.54. The van der Waals surface area contributed by atoms with Gasteiger partial charge in [-0.25, -0.2) is 8.78 Å². The van der Waals surface area contributed by atoms with E-state index in [2.05, 4.69) is 5.32 Å². The summed E-state index contributed by atoms with van der Waals surface area (Å²) in [5.74, 6) is -3.78. The number of aromatic hydroxyl groups is 1. The van der Waals surface area contributed by atoms with Crippen LogP contribution in [0.3, 0.4) is 0 Å². The maximum Gasteiger partial charge on any atom is 0.274 e. The minimum absolute atomic E-state index is 0.0263. The number of rotatable bonds is 7. The number of benzene rings is 1. The number of methoxy groups -OCH3 is 1. The first-order chi connectivity index (χ1) is 16.6. The molecule has 1 aromatic heterocycles. The Hall–Kier alpha value is -3.31. The van der Waals surface area contributed by atoms with Crippen molar-refractivity contribution >= 4 is 11.8 Å². The Morgan fingerprint density at radius 1 is 1.29 bits per heavy atom. The Balaban J connectivity index is 1.68. The number of carbonyl (C=O) groups is 2. The van der Waals surface area contributed by atoms with Crippen molar-refractivity contribution in [3.05, 3.63) is 63.1 Å². The number of amides is 2. The van der Waals surface area contributed by atoms with Gasteiger partial charge in [-0.1, -0.05) is 6.07 Å². The highest BCUT2D eigenvalue weighted by atomic mass is 19.1. The lowest BCUT2D eigenvalue weighted by atomic mass is 9.71. The highest BCUT2D eigenvalue weighted by Gasteiger charge is 2.53. The second kappa shape index (κ2) is 9.38. The lowest BCUT2D eigenvalue weighted by Crippen LogP contribution is -2.63. The largest absolute Gasteiger partial charge is 0.503 e. The van der Waals surface area contributed by atoms with Crippen LogP contribution >= 0.6 is 0 Å². The summed E-state index contributed by atoms with van der Waals surface area (Å²) in [4.78, 5) is 40.5. The Bertz CT molecular complexity index is 1220. The van der Waals surface area contributed by atoms with Crippen LogP contribution in [0.25, 0.3) is 0 Å². The van der Waals surface area contributed by atoms with Gasteiger partial charge in [0.1, 0.15) is 24.0 Å². The van der Waals surface area contributed by atoms with E-state index in [1.165, 1.54) is 23.9 Å². The molecule has 0 radical (unpaired) electrons. The van der Waals surface area contributed by atoms with Gasteiger partial charge in [0, 0.05) is 44.1 Å². The second-order valence-corrected chi connectivity index (χ2v) is 9.21. The average Bonchev–Trinajstić information content (AvgIpc) is 2.78. The van der Waals surface area contributed by atoms with Crippen molar-refractivity contribution < 1.29 is 33.0 Å². The number of carbonyl (C=O) groups excluding carboxylic acids is 2. The molecule has 0 unspecified atom stereocenters. The van der Waals surface area contributed by atoms with Crippen LogP contribution in [0, 0.1) is 11.6 Å². The minimum atomic E-state index is -1.01. The number of hydrogen-bond donors (Lipinski definition) is 2. The van der Waals surface area contributed by atoms with E-state index >= 15 is 0 Å². The predicted molar refractivity (Wildman–Crippen MR) is 120 cm³/mol. The lowest BCUT2D eigenvalue weighted by molar-refractivity contribution is -0.143. The third-order valence-electron chi connectivity index (χ3n) is 6.58. The molecule has 2 heterocycles. The molecule has 1 aromatic carbocycles. The normalized spacial score (nSPS) is 21.3. The molecule has 1 saturated carbocycles. The summed E-state index contributed by atoms with van der Waals surface area (Å²) in [6.07, 6.45) is 2.06. The van der Waals surface area contributed by atoms with Gasteiger partial charge >= 0.3 is 0 Å². The first-order valence-electron chi connectivity index (χ1n) is 11.2. The van der Waals surface area contributed by atoms with Gasteiger partial charge in [0.15, 0.2) is 11.4 Å². The number of aromatic nitrogens is 1. The van der Waals surface area contributed by atoms with Crippen molar-refractivity contribution in [2.45, 2.75) is 50.9 Å². The maximum atomic E-state index is 13.9. The van der Waals surface area contributed by atoms with Gasteiger partial charge in [-0.2, -0.15) is 0 Å². The fourth-order valence-corrected chi connectivity index (χ4v) is 4.69. The highest BCUT2D eigenvalue weighted by molar-refractivity contribution is 5.99. The topological polar surface area (TPSA) is 110 Å². The smallest absolute Gasteiger partial charge is 0.274 e. The molecule has 2 aromatic rings. The minimum Gasteiger partial charge on any atom is -0.503 e. The van der Waals surface area contributed by atoms with E-state index in [0.29, 0.717) is 25.5 Å². The molecule has 1 aliphatic carbocycles. The Morgan fingerprint density at radius 3 is 2.63 bits per heavy atom. The number of nitrogens with zero attached hydrogens (tertiary/aromatic N) is 2. The van der Waals surface area contributed by atoms with Gasteiger partial charge in [-0.3, -0.25) is 14.4 Å². The molecule has 4 rings (SSSR count). The number of fused-ring (bicyclic) bond motifs is 2. The SMILES string of the molecule is COCOC1CC2(C1)CN(C(C)C)C(=O)c1c(O)c(=O)c(C(=O)NCc3ccc(F)cc3F)cn12. The van der Waals surface area contributed by atoms with Crippen molar-refractivity contribution in [2.24, 2.45) is 0 Å². The highest BCUT2D eigenvalue weighted by Crippen LogP contribution is 2.46. The molecule has 0 saturated heterocycles. The standard InChI is InChI=1S/C24H27F2N3O6/c1-13(2)28-11-24(7-16(8-24)35-12-34-3)29-10-17(20(30)21(31)19(29)23(28)33)22(32)27-9-14-4-5-15(25)6-18(14)26/h4-6,10,13,16,31H,7-9,11-12H2,1-3H3,(H,27,32). The van der Waals surface area contributed by atoms with E-state index in [4.69, 9.17) is 9.47 Å².